The van der Waals surface area contributed by atoms with Crippen molar-refractivity contribution in [1.29, 1.82) is 0 Å². The van der Waals surface area contributed by atoms with Crippen molar-refractivity contribution in [2.24, 2.45) is 0 Å². The Bertz CT molecular complexity index is 524. The Morgan fingerprint density at radius 1 is 1.35 bits per heavy atom. The van der Waals surface area contributed by atoms with E-state index in [-0.39, 0.29) is 6.04 Å². The minimum atomic E-state index is 0.0974. The van der Waals surface area contributed by atoms with Crippen LogP contribution >= 0.6 is 11.6 Å². The first kappa shape index (κ1) is 11.9. The highest BCUT2D eigenvalue weighted by molar-refractivity contribution is 6.29. The Balaban J connectivity index is 2.16. The summed E-state index contributed by atoms with van der Waals surface area (Å²) >= 11 is 5.78. The molecule has 17 heavy (non-hydrogen) atoms. The van der Waals surface area contributed by atoms with Crippen LogP contribution in [-0.2, 0) is 0 Å². The molecule has 0 amide bonds. The van der Waals surface area contributed by atoms with Crippen molar-refractivity contribution in [3.63, 3.8) is 0 Å². The average Bonchev–Trinajstić information content (AvgIpc) is 2.58. The number of furan rings is 1. The molecule has 0 aliphatic heterocycles. The van der Waals surface area contributed by atoms with Gasteiger partial charge in [0.15, 0.2) is 0 Å². The molecule has 2 heterocycles. The third kappa shape index (κ3) is 2.77. The maximum atomic E-state index is 5.78. The van der Waals surface area contributed by atoms with E-state index in [1.54, 1.807) is 6.20 Å². The van der Waals surface area contributed by atoms with Crippen LogP contribution in [0.1, 0.15) is 30.0 Å². The molecule has 2 aromatic rings. The number of aromatic nitrogens is 2. The zero-order chi connectivity index (χ0) is 12.4. The molecule has 4 nitrogen and oxygen atoms in total. The fourth-order valence-corrected chi connectivity index (χ4v) is 1.94. The highest BCUT2D eigenvalue weighted by Crippen LogP contribution is 2.24. The molecule has 5 heteroatoms. The summed E-state index contributed by atoms with van der Waals surface area (Å²) in [7, 11) is 0. The second-order valence-corrected chi connectivity index (χ2v) is 4.35. The van der Waals surface area contributed by atoms with Gasteiger partial charge >= 0.3 is 0 Å². The van der Waals surface area contributed by atoms with Gasteiger partial charge in [0.05, 0.1) is 18.4 Å². The van der Waals surface area contributed by atoms with E-state index < -0.39 is 0 Å². The van der Waals surface area contributed by atoms with Gasteiger partial charge in [0.2, 0.25) is 0 Å². The van der Waals surface area contributed by atoms with Gasteiger partial charge < -0.3 is 9.73 Å². The van der Waals surface area contributed by atoms with Gasteiger partial charge in [0, 0.05) is 5.56 Å². The third-order valence-corrected chi connectivity index (χ3v) is 2.70. The summed E-state index contributed by atoms with van der Waals surface area (Å²) in [5, 5.41) is 3.61. The molecule has 0 radical (unpaired) electrons. The summed E-state index contributed by atoms with van der Waals surface area (Å²) in [4.78, 5) is 8.11. The molecule has 2 aromatic heterocycles. The van der Waals surface area contributed by atoms with E-state index in [4.69, 9.17) is 16.0 Å². The van der Waals surface area contributed by atoms with Gasteiger partial charge in [0.1, 0.15) is 22.5 Å². The summed E-state index contributed by atoms with van der Waals surface area (Å²) in [6.45, 7) is 5.92. The monoisotopic (exact) mass is 251 g/mol. The second kappa shape index (κ2) is 4.75. The van der Waals surface area contributed by atoms with Crippen LogP contribution < -0.4 is 5.32 Å². The maximum Gasteiger partial charge on any atom is 0.149 e. The Morgan fingerprint density at radius 2 is 2.12 bits per heavy atom. The summed E-state index contributed by atoms with van der Waals surface area (Å²) in [6, 6.07) is 2.12. The largest absolute Gasteiger partial charge is 0.466 e. The van der Waals surface area contributed by atoms with Gasteiger partial charge in [-0.1, -0.05) is 11.6 Å². The lowest BCUT2D eigenvalue weighted by molar-refractivity contribution is 0.499. The number of rotatable bonds is 3. The minimum absolute atomic E-state index is 0.0974. The van der Waals surface area contributed by atoms with Crippen LogP contribution in [0.25, 0.3) is 0 Å². The van der Waals surface area contributed by atoms with E-state index in [1.807, 2.05) is 26.8 Å². The molecule has 0 fully saturated rings. The fourth-order valence-electron chi connectivity index (χ4n) is 1.79. The van der Waals surface area contributed by atoms with Crippen LogP contribution in [0.3, 0.4) is 0 Å². The van der Waals surface area contributed by atoms with Crippen molar-refractivity contribution < 1.29 is 4.42 Å². The van der Waals surface area contributed by atoms with E-state index >= 15 is 0 Å². The van der Waals surface area contributed by atoms with E-state index in [1.165, 1.54) is 6.20 Å². The molecule has 0 unspecified atom stereocenters. The number of aryl methyl sites for hydroxylation is 2. The molecule has 90 valence electrons. The van der Waals surface area contributed by atoms with Gasteiger partial charge in [-0.3, -0.25) is 4.98 Å². The van der Waals surface area contributed by atoms with E-state index in [0.29, 0.717) is 11.0 Å². The first-order chi connectivity index (χ1) is 8.06. The lowest BCUT2D eigenvalue weighted by Gasteiger charge is -2.13. The molecule has 1 atom stereocenters. The Labute approximate surface area is 105 Å². The summed E-state index contributed by atoms with van der Waals surface area (Å²) in [5.74, 6) is 2.48. The quantitative estimate of drug-likeness (QED) is 0.907. The third-order valence-electron chi connectivity index (χ3n) is 2.52. The predicted octanol–water partition coefficient (Wildman–Crippen LogP) is 3.51. The number of nitrogens with zero attached hydrogens (tertiary/aromatic N) is 2. The Kier molecular flexibility index (Phi) is 3.33. The number of hydrogen-bond donors (Lipinski definition) is 1. The van der Waals surface area contributed by atoms with Crippen LogP contribution in [0, 0.1) is 13.8 Å². The SMILES string of the molecule is Cc1cc([C@H](C)Nc2cncc(Cl)n2)c(C)o1. The van der Waals surface area contributed by atoms with Crippen LogP contribution in [0.2, 0.25) is 5.15 Å². The minimum Gasteiger partial charge on any atom is -0.466 e. The van der Waals surface area contributed by atoms with Crippen molar-refractivity contribution in [2.45, 2.75) is 26.8 Å². The summed E-state index contributed by atoms with van der Waals surface area (Å²) < 4.78 is 5.49. The zero-order valence-corrected chi connectivity index (χ0v) is 10.7. The first-order valence-electron chi connectivity index (χ1n) is 5.37. The molecule has 0 saturated carbocycles. The summed E-state index contributed by atoms with van der Waals surface area (Å²) in [5.41, 5.74) is 1.12. The molecule has 0 aliphatic carbocycles. The molecule has 0 aliphatic rings. The normalized spacial score (nSPS) is 12.5. The fraction of sp³-hybridized carbons (Fsp3) is 0.333. The smallest absolute Gasteiger partial charge is 0.149 e. The van der Waals surface area contributed by atoms with Crippen LogP contribution in [0.15, 0.2) is 22.9 Å². The maximum absolute atomic E-state index is 5.78. The molecule has 0 saturated heterocycles. The van der Waals surface area contributed by atoms with E-state index in [2.05, 4.69) is 15.3 Å². The lowest BCUT2D eigenvalue weighted by atomic mass is 10.1. The Morgan fingerprint density at radius 3 is 2.71 bits per heavy atom. The van der Waals surface area contributed by atoms with Gasteiger partial charge in [-0.2, -0.15) is 0 Å². The van der Waals surface area contributed by atoms with Crippen LogP contribution in [-0.4, -0.2) is 9.97 Å². The second-order valence-electron chi connectivity index (χ2n) is 3.96. The molecule has 0 spiro atoms. The molecule has 2 rings (SSSR count). The van der Waals surface area contributed by atoms with Crippen LogP contribution in [0.5, 0.6) is 0 Å². The van der Waals surface area contributed by atoms with Crippen molar-refractivity contribution >= 4 is 17.4 Å². The molecular weight excluding hydrogens is 238 g/mol. The molecule has 0 bridgehead atoms. The lowest BCUT2D eigenvalue weighted by Crippen LogP contribution is -2.08. The Hall–Kier alpha value is -1.55. The van der Waals surface area contributed by atoms with Crippen LogP contribution in [0.4, 0.5) is 5.82 Å². The summed E-state index contributed by atoms with van der Waals surface area (Å²) in [6.07, 6.45) is 3.15. The topological polar surface area (TPSA) is 51.0 Å². The molecule has 0 aromatic carbocycles. The van der Waals surface area contributed by atoms with Gasteiger partial charge in [-0.05, 0) is 26.8 Å². The van der Waals surface area contributed by atoms with Gasteiger partial charge in [-0.25, -0.2) is 4.98 Å². The van der Waals surface area contributed by atoms with Crippen molar-refractivity contribution in [1.82, 2.24) is 9.97 Å². The molecule has 1 N–H and O–H groups in total. The zero-order valence-electron chi connectivity index (χ0n) is 9.99. The van der Waals surface area contributed by atoms with E-state index in [9.17, 15) is 0 Å². The highest BCUT2D eigenvalue weighted by Gasteiger charge is 2.13. The van der Waals surface area contributed by atoms with E-state index in [0.717, 1.165) is 17.1 Å². The standard InChI is InChI=1S/C12H14ClN3O/c1-7-4-10(9(3)17-7)8(2)15-12-6-14-5-11(13)16-12/h4-6,8H,1-3H3,(H,15,16)/t8-/m0/s1. The van der Waals surface area contributed by atoms with Crippen molar-refractivity contribution in [2.75, 3.05) is 5.32 Å². The number of hydrogen-bond acceptors (Lipinski definition) is 4. The molecular formula is C12H14ClN3O. The van der Waals surface area contributed by atoms with Gasteiger partial charge in [0.25, 0.3) is 0 Å². The van der Waals surface area contributed by atoms with Gasteiger partial charge in [-0.15, -0.1) is 0 Å². The first-order valence-corrected chi connectivity index (χ1v) is 5.75. The average molecular weight is 252 g/mol. The highest BCUT2D eigenvalue weighted by atomic mass is 35.5. The van der Waals surface area contributed by atoms with Crippen molar-refractivity contribution in [3.05, 3.63) is 40.7 Å². The number of halogens is 1. The number of anilines is 1. The van der Waals surface area contributed by atoms with Crippen molar-refractivity contribution in [3.8, 4) is 0 Å². The number of nitrogens with one attached hydrogen (secondary N) is 1. The predicted molar refractivity (Wildman–Crippen MR) is 67.3 cm³/mol.